The number of piperidine rings is 1. The Balaban J connectivity index is 1.87. The van der Waals surface area contributed by atoms with E-state index in [2.05, 4.69) is 11.6 Å². The Hall–Kier alpha value is -0.660. The normalized spacial score (nSPS) is 33.7. The smallest absolute Gasteiger partial charge is 0.239 e. The number of hydrogen-bond acceptors (Lipinski definition) is 4. The fourth-order valence-electron chi connectivity index (χ4n) is 3.50. The zero-order chi connectivity index (χ0) is 16.3. The summed E-state index contributed by atoms with van der Waals surface area (Å²) in [6.07, 6.45) is 5.29. The number of rotatable bonds is 4. The maximum Gasteiger partial charge on any atom is 0.239 e. The first-order chi connectivity index (χ1) is 10.3. The zero-order valence-electron chi connectivity index (χ0n) is 13.6. The van der Waals surface area contributed by atoms with Gasteiger partial charge in [0.2, 0.25) is 15.9 Å². The van der Waals surface area contributed by atoms with Gasteiger partial charge in [-0.1, -0.05) is 6.92 Å². The molecule has 1 saturated heterocycles. The van der Waals surface area contributed by atoms with Crippen molar-refractivity contribution >= 4 is 15.9 Å². The van der Waals surface area contributed by atoms with Crippen molar-refractivity contribution in [3.05, 3.63) is 0 Å². The van der Waals surface area contributed by atoms with Crippen LogP contribution in [0.4, 0.5) is 0 Å². The van der Waals surface area contributed by atoms with E-state index < -0.39 is 15.8 Å². The molecule has 3 N–H and O–H groups in total. The monoisotopic (exact) mass is 331 g/mol. The van der Waals surface area contributed by atoms with Gasteiger partial charge in [0.05, 0.1) is 0 Å². The molecule has 1 heterocycles. The molecule has 0 bridgehead atoms. The lowest BCUT2D eigenvalue weighted by Crippen LogP contribution is -2.51. The van der Waals surface area contributed by atoms with Crippen LogP contribution in [0.3, 0.4) is 0 Å². The van der Waals surface area contributed by atoms with Crippen molar-refractivity contribution in [3.8, 4) is 0 Å². The first-order valence-electron chi connectivity index (χ1n) is 8.32. The second kappa shape index (κ2) is 7.27. The van der Waals surface area contributed by atoms with E-state index in [9.17, 15) is 13.2 Å². The number of carbonyl (C=O) groups is 1. The maximum absolute atomic E-state index is 12.3. The van der Waals surface area contributed by atoms with Gasteiger partial charge in [-0.25, -0.2) is 13.1 Å². The van der Waals surface area contributed by atoms with Crippen LogP contribution in [-0.2, 0) is 14.8 Å². The number of hydrogen-bond donors (Lipinski definition) is 2. The van der Waals surface area contributed by atoms with Crippen LogP contribution in [0.1, 0.15) is 52.4 Å². The third-order valence-corrected chi connectivity index (χ3v) is 6.23. The predicted molar refractivity (Wildman–Crippen MR) is 86.7 cm³/mol. The molecule has 2 fully saturated rings. The molecule has 0 aromatic carbocycles. The highest BCUT2D eigenvalue weighted by molar-refractivity contribution is 7.90. The van der Waals surface area contributed by atoms with Crippen molar-refractivity contribution in [2.24, 2.45) is 11.7 Å². The van der Waals surface area contributed by atoms with Gasteiger partial charge >= 0.3 is 0 Å². The van der Waals surface area contributed by atoms with Crippen LogP contribution in [0.25, 0.3) is 0 Å². The van der Waals surface area contributed by atoms with Gasteiger partial charge in [-0.15, -0.1) is 0 Å². The van der Waals surface area contributed by atoms with Crippen LogP contribution in [0.15, 0.2) is 0 Å². The van der Waals surface area contributed by atoms with E-state index in [-0.39, 0.29) is 24.0 Å². The molecule has 128 valence electrons. The molecule has 2 atom stereocenters. The van der Waals surface area contributed by atoms with Gasteiger partial charge in [0.15, 0.2) is 0 Å². The quantitative estimate of drug-likeness (QED) is 0.798. The van der Waals surface area contributed by atoms with Crippen molar-refractivity contribution in [1.82, 2.24) is 9.62 Å². The molecule has 0 unspecified atom stereocenters. The molecule has 0 radical (unpaired) electrons. The lowest BCUT2D eigenvalue weighted by Gasteiger charge is -2.36. The fraction of sp³-hybridized carbons (Fsp3) is 0.933. The summed E-state index contributed by atoms with van der Waals surface area (Å²) >= 11 is 0. The standard InChI is InChI=1S/C15H29N3O3S/c1-11-3-5-14(6-4-11)17-22(20,21)10-15(19)18-8-7-13(16)9-12(18)2/h11-14,17H,3-10,16H2,1-2H3/t11?,12-,13-,14?/m1/s1. The number of amides is 1. The molecule has 1 aliphatic heterocycles. The third-order valence-electron chi connectivity index (χ3n) is 4.91. The minimum Gasteiger partial charge on any atom is -0.339 e. The molecule has 2 aliphatic rings. The number of nitrogens with zero attached hydrogens (tertiary/aromatic N) is 1. The third kappa shape index (κ3) is 4.93. The van der Waals surface area contributed by atoms with E-state index in [0.717, 1.165) is 38.5 Å². The maximum atomic E-state index is 12.3. The molecule has 0 aromatic rings. The van der Waals surface area contributed by atoms with Crippen LogP contribution in [0.5, 0.6) is 0 Å². The molecule has 1 saturated carbocycles. The van der Waals surface area contributed by atoms with Crippen molar-refractivity contribution < 1.29 is 13.2 Å². The molecule has 1 aliphatic carbocycles. The molecular formula is C15H29N3O3S. The number of nitrogens with two attached hydrogens (primary N) is 1. The highest BCUT2D eigenvalue weighted by Gasteiger charge is 2.31. The van der Waals surface area contributed by atoms with Gasteiger partial charge in [-0.05, 0) is 51.4 Å². The molecule has 22 heavy (non-hydrogen) atoms. The van der Waals surface area contributed by atoms with Gasteiger partial charge in [0, 0.05) is 24.7 Å². The Labute approximate surface area is 133 Å². The highest BCUT2D eigenvalue weighted by Crippen LogP contribution is 2.24. The number of likely N-dealkylation sites (tertiary alicyclic amines) is 1. The van der Waals surface area contributed by atoms with E-state index in [1.165, 1.54) is 0 Å². The lowest BCUT2D eigenvalue weighted by atomic mass is 9.88. The predicted octanol–water partition coefficient (Wildman–Crippen LogP) is 0.823. The van der Waals surface area contributed by atoms with Gasteiger partial charge in [-0.3, -0.25) is 4.79 Å². The largest absolute Gasteiger partial charge is 0.339 e. The highest BCUT2D eigenvalue weighted by atomic mass is 32.2. The Morgan fingerprint density at radius 1 is 1.18 bits per heavy atom. The molecule has 7 heteroatoms. The Morgan fingerprint density at radius 2 is 1.82 bits per heavy atom. The van der Waals surface area contributed by atoms with Crippen LogP contribution in [-0.4, -0.2) is 49.6 Å². The molecule has 0 aromatic heterocycles. The van der Waals surface area contributed by atoms with E-state index in [0.29, 0.717) is 12.5 Å². The Bertz CT molecular complexity index is 486. The number of carbonyl (C=O) groups excluding carboxylic acids is 1. The molecule has 1 amide bonds. The average Bonchev–Trinajstić information content (AvgIpc) is 2.40. The van der Waals surface area contributed by atoms with E-state index >= 15 is 0 Å². The second-order valence-electron chi connectivity index (χ2n) is 7.05. The van der Waals surface area contributed by atoms with E-state index in [4.69, 9.17) is 5.73 Å². The summed E-state index contributed by atoms with van der Waals surface area (Å²) in [5.41, 5.74) is 5.88. The first kappa shape index (κ1) is 17.7. The number of sulfonamides is 1. The molecule has 2 rings (SSSR count). The first-order valence-corrected chi connectivity index (χ1v) is 9.97. The topological polar surface area (TPSA) is 92.5 Å². The molecule has 0 spiro atoms. The zero-order valence-corrected chi connectivity index (χ0v) is 14.4. The van der Waals surface area contributed by atoms with E-state index in [1.54, 1.807) is 4.90 Å². The fourth-order valence-corrected chi connectivity index (χ4v) is 4.82. The summed E-state index contributed by atoms with van der Waals surface area (Å²) in [6, 6.07) is 0.112. The summed E-state index contributed by atoms with van der Waals surface area (Å²) in [5.74, 6) is -0.0876. The van der Waals surface area contributed by atoms with Crippen molar-refractivity contribution in [3.63, 3.8) is 0 Å². The Morgan fingerprint density at radius 3 is 2.41 bits per heavy atom. The summed E-state index contributed by atoms with van der Waals surface area (Å²) in [4.78, 5) is 13.9. The molecular weight excluding hydrogens is 302 g/mol. The second-order valence-corrected chi connectivity index (χ2v) is 8.81. The van der Waals surface area contributed by atoms with Crippen LogP contribution in [0, 0.1) is 5.92 Å². The van der Waals surface area contributed by atoms with Crippen molar-refractivity contribution in [1.29, 1.82) is 0 Å². The minimum absolute atomic E-state index is 0.0128. The van der Waals surface area contributed by atoms with E-state index in [1.807, 2.05) is 6.92 Å². The van der Waals surface area contributed by atoms with Crippen LogP contribution >= 0.6 is 0 Å². The van der Waals surface area contributed by atoms with Gasteiger partial charge in [0.1, 0.15) is 5.75 Å². The van der Waals surface area contributed by atoms with Gasteiger partial charge in [-0.2, -0.15) is 0 Å². The Kier molecular flexibility index (Phi) is 5.85. The summed E-state index contributed by atoms with van der Waals surface area (Å²) in [6.45, 7) is 4.67. The van der Waals surface area contributed by atoms with Gasteiger partial charge < -0.3 is 10.6 Å². The van der Waals surface area contributed by atoms with Crippen LogP contribution < -0.4 is 10.5 Å². The van der Waals surface area contributed by atoms with Crippen molar-refractivity contribution in [2.75, 3.05) is 12.3 Å². The minimum atomic E-state index is -3.56. The van der Waals surface area contributed by atoms with Crippen molar-refractivity contribution in [2.45, 2.75) is 70.5 Å². The van der Waals surface area contributed by atoms with Gasteiger partial charge in [0.25, 0.3) is 0 Å². The summed E-state index contributed by atoms with van der Waals surface area (Å²) in [7, 11) is -3.56. The summed E-state index contributed by atoms with van der Waals surface area (Å²) in [5, 5.41) is 0. The number of nitrogens with one attached hydrogen (secondary N) is 1. The SMILES string of the molecule is CC1CCC(NS(=O)(=O)CC(=O)N2CC[C@@H](N)C[C@H]2C)CC1. The van der Waals surface area contributed by atoms with Crippen LogP contribution in [0.2, 0.25) is 0 Å². The average molecular weight is 331 g/mol. The summed E-state index contributed by atoms with van der Waals surface area (Å²) < 4.78 is 27.2. The molecule has 6 nitrogen and oxygen atoms in total. The lowest BCUT2D eigenvalue weighted by molar-refractivity contribution is -0.131.